The number of rotatable bonds is 3. The summed E-state index contributed by atoms with van der Waals surface area (Å²) >= 11 is 0. The van der Waals surface area contributed by atoms with Crippen LogP contribution in [0.4, 0.5) is 0 Å². The molecule has 202 valence electrons. The van der Waals surface area contributed by atoms with Crippen molar-refractivity contribution >= 4 is 38.8 Å². The number of para-hydroxylation sites is 3. The van der Waals surface area contributed by atoms with Crippen LogP contribution in [0.15, 0.2) is 115 Å². The van der Waals surface area contributed by atoms with Crippen LogP contribution in [0.2, 0.25) is 0 Å². The Hall–Kier alpha value is -5.91. The number of nitrogens with zero attached hydrogens (tertiary/aromatic N) is 5. The number of fused-ring (bicyclic) bond motifs is 6. The van der Waals surface area contributed by atoms with Crippen molar-refractivity contribution in [1.29, 1.82) is 10.5 Å². The lowest BCUT2D eigenvalue weighted by Crippen LogP contribution is -2.18. The molecule has 0 N–H and O–H groups in total. The number of hydrogen-bond donors (Lipinski definition) is 0. The summed E-state index contributed by atoms with van der Waals surface area (Å²) in [6.07, 6.45) is 4.74. The average molecular weight is 552 g/mol. The van der Waals surface area contributed by atoms with Crippen LogP contribution in [0.1, 0.15) is 23.7 Å². The van der Waals surface area contributed by atoms with Crippen molar-refractivity contribution in [1.82, 2.24) is 14.1 Å². The maximum atomic E-state index is 9.94. The zero-order valence-corrected chi connectivity index (χ0v) is 23.5. The highest BCUT2D eigenvalue weighted by Gasteiger charge is 2.30. The summed E-state index contributed by atoms with van der Waals surface area (Å²) in [5.41, 5.74) is 7.49. The Morgan fingerprint density at radius 1 is 0.674 bits per heavy atom. The lowest BCUT2D eigenvalue weighted by Gasteiger charge is -2.22. The first-order valence-electron chi connectivity index (χ1n) is 14.3. The van der Waals surface area contributed by atoms with E-state index in [0.29, 0.717) is 12.0 Å². The SMILES string of the molecule is CC1(C#N)C=Cc2c(c3ccccc3n2-c2cc(-c3ccc(C#N)cc3)cc(-n3c4ccccc4c4ccccc43)n2)C1. The van der Waals surface area contributed by atoms with Crippen molar-refractivity contribution in [2.24, 2.45) is 5.41 Å². The summed E-state index contributed by atoms with van der Waals surface area (Å²) in [6, 6.07) is 41.9. The number of benzene rings is 4. The number of hydrogen-bond acceptors (Lipinski definition) is 3. The molecule has 7 aromatic rings. The van der Waals surface area contributed by atoms with Gasteiger partial charge in [0.25, 0.3) is 0 Å². The Balaban J connectivity index is 1.46. The van der Waals surface area contributed by atoms with E-state index in [9.17, 15) is 10.5 Å². The van der Waals surface area contributed by atoms with Crippen LogP contribution >= 0.6 is 0 Å². The fraction of sp³-hybridized carbons (Fsp3) is 0.0789. The highest BCUT2D eigenvalue weighted by Crippen LogP contribution is 2.40. The lowest BCUT2D eigenvalue weighted by atomic mass is 9.80. The Labute approximate surface area is 248 Å². The zero-order valence-electron chi connectivity index (χ0n) is 23.5. The van der Waals surface area contributed by atoms with Crippen LogP contribution in [-0.4, -0.2) is 14.1 Å². The molecule has 0 fully saturated rings. The maximum Gasteiger partial charge on any atom is 0.140 e. The van der Waals surface area contributed by atoms with E-state index in [-0.39, 0.29) is 0 Å². The van der Waals surface area contributed by atoms with Crippen molar-refractivity contribution in [2.45, 2.75) is 13.3 Å². The van der Waals surface area contributed by atoms with E-state index in [1.165, 1.54) is 10.8 Å². The van der Waals surface area contributed by atoms with Gasteiger partial charge in [0.1, 0.15) is 11.6 Å². The highest BCUT2D eigenvalue weighted by atomic mass is 15.1. The predicted molar refractivity (Wildman–Crippen MR) is 172 cm³/mol. The van der Waals surface area contributed by atoms with E-state index in [1.54, 1.807) is 0 Å². The van der Waals surface area contributed by atoms with Crippen LogP contribution in [0, 0.1) is 28.1 Å². The van der Waals surface area contributed by atoms with Gasteiger partial charge in [0.05, 0.1) is 45.4 Å². The highest BCUT2D eigenvalue weighted by molar-refractivity contribution is 6.09. The second-order valence-corrected chi connectivity index (χ2v) is 11.4. The molecule has 0 bridgehead atoms. The Morgan fingerprint density at radius 2 is 1.23 bits per heavy atom. The number of aromatic nitrogens is 3. The fourth-order valence-corrected chi connectivity index (χ4v) is 6.50. The third kappa shape index (κ3) is 3.80. The molecule has 0 radical (unpaired) electrons. The van der Waals surface area contributed by atoms with Crippen LogP contribution in [0.3, 0.4) is 0 Å². The molecule has 1 atom stereocenters. The van der Waals surface area contributed by atoms with Gasteiger partial charge >= 0.3 is 0 Å². The molecule has 3 aromatic heterocycles. The maximum absolute atomic E-state index is 9.94. The number of allylic oxidation sites excluding steroid dienone is 1. The summed E-state index contributed by atoms with van der Waals surface area (Å²) in [6.45, 7) is 1.99. The summed E-state index contributed by atoms with van der Waals surface area (Å²) in [5.74, 6) is 1.60. The first-order valence-corrected chi connectivity index (χ1v) is 14.3. The van der Waals surface area contributed by atoms with Gasteiger partial charge in [-0.3, -0.25) is 9.13 Å². The van der Waals surface area contributed by atoms with Gasteiger partial charge in [0.15, 0.2) is 0 Å². The predicted octanol–water partition coefficient (Wildman–Crippen LogP) is 8.76. The van der Waals surface area contributed by atoms with Crippen molar-refractivity contribution < 1.29 is 0 Å². The van der Waals surface area contributed by atoms with E-state index in [4.69, 9.17) is 4.98 Å². The second-order valence-electron chi connectivity index (χ2n) is 11.4. The quantitative estimate of drug-likeness (QED) is 0.220. The van der Waals surface area contributed by atoms with E-state index in [0.717, 1.165) is 56.0 Å². The Kier molecular flexibility index (Phi) is 5.38. The van der Waals surface area contributed by atoms with Gasteiger partial charge < -0.3 is 0 Å². The summed E-state index contributed by atoms with van der Waals surface area (Å²) in [7, 11) is 0. The van der Waals surface area contributed by atoms with Crippen molar-refractivity contribution in [3.8, 4) is 34.9 Å². The molecular weight excluding hydrogens is 526 g/mol. The average Bonchev–Trinajstić information content (AvgIpc) is 3.57. The van der Waals surface area contributed by atoms with Crippen molar-refractivity contribution in [3.05, 3.63) is 132 Å². The van der Waals surface area contributed by atoms with Gasteiger partial charge in [-0.1, -0.05) is 72.8 Å². The van der Waals surface area contributed by atoms with Gasteiger partial charge in [0, 0.05) is 16.2 Å². The Bertz CT molecular complexity index is 2300. The lowest BCUT2D eigenvalue weighted by molar-refractivity contribution is 0.561. The van der Waals surface area contributed by atoms with E-state index < -0.39 is 5.41 Å². The van der Waals surface area contributed by atoms with Gasteiger partial charge in [0.2, 0.25) is 0 Å². The van der Waals surface area contributed by atoms with Gasteiger partial charge in [-0.15, -0.1) is 0 Å². The summed E-state index contributed by atoms with van der Waals surface area (Å²) in [4.78, 5) is 5.37. The molecule has 43 heavy (non-hydrogen) atoms. The third-order valence-corrected chi connectivity index (χ3v) is 8.61. The molecule has 4 aromatic carbocycles. The van der Waals surface area contributed by atoms with E-state index >= 15 is 0 Å². The van der Waals surface area contributed by atoms with Gasteiger partial charge in [-0.25, -0.2) is 4.98 Å². The molecule has 1 aliphatic carbocycles. The summed E-state index contributed by atoms with van der Waals surface area (Å²) in [5, 5.41) is 22.8. The fourth-order valence-electron chi connectivity index (χ4n) is 6.50. The molecule has 0 saturated carbocycles. The molecule has 1 unspecified atom stereocenters. The third-order valence-electron chi connectivity index (χ3n) is 8.61. The molecule has 0 amide bonds. The monoisotopic (exact) mass is 551 g/mol. The standard InChI is InChI=1S/C38H25N5/c1-38(24-40)19-18-35-31(22-38)30-10-4-7-13-34(30)43(35)37-21-27(26-16-14-25(23-39)15-17-26)20-36(41-37)42-32-11-5-2-8-28(32)29-9-3-6-12-33(29)42/h2-21H,22H2,1H3. The first kappa shape index (κ1) is 24.9. The number of pyridine rings is 1. The molecule has 5 heteroatoms. The minimum atomic E-state index is -0.562. The van der Waals surface area contributed by atoms with Crippen LogP contribution in [0.25, 0.3) is 61.5 Å². The normalized spacial score (nSPS) is 15.9. The molecule has 0 saturated heterocycles. The molecule has 0 spiro atoms. The van der Waals surface area contributed by atoms with Gasteiger partial charge in [-0.2, -0.15) is 10.5 Å². The molecule has 0 aliphatic heterocycles. The molecule has 1 aliphatic rings. The number of nitriles is 2. The molecular formula is C38H25N5. The first-order chi connectivity index (χ1) is 21.1. The second kappa shape index (κ2) is 9.31. The largest absolute Gasteiger partial charge is 0.294 e. The minimum absolute atomic E-state index is 0.562. The van der Waals surface area contributed by atoms with Crippen LogP contribution in [-0.2, 0) is 6.42 Å². The van der Waals surface area contributed by atoms with Crippen molar-refractivity contribution in [2.75, 3.05) is 0 Å². The Morgan fingerprint density at radius 3 is 1.84 bits per heavy atom. The molecule has 8 rings (SSSR count). The smallest absolute Gasteiger partial charge is 0.140 e. The minimum Gasteiger partial charge on any atom is -0.294 e. The van der Waals surface area contributed by atoms with Crippen LogP contribution in [0.5, 0.6) is 0 Å². The topological polar surface area (TPSA) is 70.3 Å². The van der Waals surface area contributed by atoms with Crippen LogP contribution < -0.4 is 0 Å². The molecule has 5 nitrogen and oxygen atoms in total. The van der Waals surface area contributed by atoms with Crippen molar-refractivity contribution in [3.63, 3.8) is 0 Å². The molecule has 3 heterocycles. The van der Waals surface area contributed by atoms with Gasteiger partial charge in [-0.05, 0) is 78.6 Å². The van der Waals surface area contributed by atoms with E-state index in [2.05, 4.69) is 112 Å². The van der Waals surface area contributed by atoms with E-state index in [1.807, 2.05) is 37.3 Å². The zero-order chi connectivity index (χ0) is 29.1. The summed E-state index contributed by atoms with van der Waals surface area (Å²) < 4.78 is 4.46.